The number of carbonyl (C=O) groups is 1. The zero-order chi connectivity index (χ0) is 14.0. The van der Waals surface area contributed by atoms with Crippen LogP contribution in [0.5, 0.6) is 0 Å². The number of hydrogen-bond donors (Lipinski definition) is 4. The summed E-state index contributed by atoms with van der Waals surface area (Å²) < 4.78 is 26.3. The minimum Gasteiger partial charge on any atom is -0.478 e. The average molecular weight is 284 g/mol. The van der Waals surface area contributed by atoms with Crippen molar-refractivity contribution in [2.24, 2.45) is 0 Å². The number of rotatable bonds is 5. The largest absolute Gasteiger partial charge is 0.478 e. The first-order valence-electron chi connectivity index (χ1n) is 5.40. The summed E-state index contributed by atoms with van der Waals surface area (Å²) in [5.74, 6) is -1.21. The number of benzene rings is 1. The first kappa shape index (κ1) is 13.5. The molecule has 1 heterocycles. The van der Waals surface area contributed by atoms with Gasteiger partial charge in [-0.25, -0.2) is 17.9 Å². The second kappa shape index (κ2) is 5.00. The summed E-state index contributed by atoms with van der Waals surface area (Å²) >= 11 is 0. The van der Waals surface area contributed by atoms with Crippen LogP contribution >= 0.6 is 0 Å². The number of carboxylic acid groups (broad SMARTS) is 1. The van der Waals surface area contributed by atoms with E-state index in [-0.39, 0.29) is 23.6 Å². The van der Waals surface area contributed by atoms with Crippen LogP contribution in [0.1, 0.15) is 10.4 Å². The molecule has 0 spiro atoms. The number of aliphatic hydroxyl groups is 1. The quantitative estimate of drug-likeness (QED) is 0.622. The van der Waals surface area contributed by atoms with Crippen LogP contribution in [-0.2, 0) is 10.0 Å². The number of fused-ring (bicyclic) bond motifs is 1. The summed E-state index contributed by atoms with van der Waals surface area (Å²) in [7, 11) is -3.87. The van der Waals surface area contributed by atoms with E-state index in [2.05, 4.69) is 9.71 Å². The number of aromatic amines is 1. The lowest BCUT2D eigenvalue weighted by molar-refractivity contribution is 0.0697. The lowest BCUT2D eigenvalue weighted by Gasteiger charge is -2.08. The molecule has 1 aromatic heterocycles. The van der Waals surface area contributed by atoms with E-state index in [0.29, 0.717) is 10.9 Å². The monoisotopic (exact) mass is 284 g/mol. The van der Waals surface area contributed by atoms with Crippen LogP contribution in [0.15, 0.2) is 29.3 Å². The molecule has 0 aliphatic rings. The molecule has 2 rings (SSSR count). The highest BCUT2D eigenvalue weighted by atomic mass is 32.2. The molecule has 0 bridgehead atoms. The van der Waals surface area contributed by atoms with Crippen molar-refractivity contribution in [3.63, 3.8) is 0 Å². The standard InChI is InChI=1S/C11H12N2O5S/c14-4-3-13-19(17,18)10-6-7(11(15)16)5-9-8(10)1-2-12-9/h1-2,5-6,12-14H,3-4H2,(H,15,16). The highest BCUT2D eigenvalue weighted by Gasteiger charge is 2.20. The van der Waals surface area contributed by atoms with Gasteiger partial charge in [0.15, 0.2) is 0 Å². The molecule has 4 N–H and O–H groups in total. The molecular formula is C11H12N2O5S. The van der Waals surface area contributed by atoms with Gasteiger partial charge in [-0.05, 0) is 18.2 Å². The number of aliphatic hydroxyl groups excluding tert-OH is 1. The lowest BCUT2D eigenvalue weighted by Crippen LogP contribution is -2.27. The van der Waals surface area contributed by atoms with Gasteiger partial charge in [0.05, 0.1) is 17.1 Å². The molecule has 8 heteroatoms. The second-order valence-corrected chi connectivity index (χ2v) is 5.58. The van der Waals surface area contributed by atoms with Gasteiger partial charge >= 0.3 is 5.97 Å². The second-order valence-electron chi connectivity index (χ2n) is 3.84. The van der Waals surface area contributed by atoms with Gasteiger partial charge in [0.1, 0.15) is 0 Å². The molecule has 19 heavy (non-hydrogen) atoms. The number of sulfonamides is 1. The Labute approximate surface area is 108 Å². The van der Waals surface area contributed by atoms with E-state index in [1.54, 1.807) is 6.07 Å². The zero-order valence-corrected chi connectivity index (χ0v) is 10.6. The molecule has 102 valence electrons. The summed E-state index contributed by atoms with van der Waals surface area (Å²) in [6, 6.07) is 4.01. The van der Waals surface area contributed by atoms with E-state index >= 15 is 0 Å². The van der Waals surface area contributed by atoms with Crippen molar-refractivity contribution in [3.8, 4) is 0 Å². The number of nitrogens with one attached hydrogen (secondary N) is 2. The summed E-state index contributed by atoms with van der Waals surface area (Å²) in [6.07, 6.45) is 1.53. The maximum atomic E-state index is 12.0. The third-order valence-electron chi connectivity index (χ3n) is 2.57. The average Bonchev–Trinajstić information content (AvgIpc) is 2.82. The molecule has 0 aliphatic heterocycles. The van der Waals surface area contributed by atoms with Gasteiger partial charge in [-0.15, -0.1) is 0 Å². The van der Waals surface area contributed by atoms with Crippen LogP contribution in [0, 0.1) is 0 Å². The molecule has 2 aromatic rings. The summed E-state index contributed by atoms with van der Waals surface area (Å²) in [6.45, 7) is -0.473. The molecule has 0 saturated heterocycles. The minimum atomic E-state index is -3.87. The Hall–Kier alpha value is -1.90. The Morgan fingerprint density at radius 2 is 2.11 bits per heavy atom. The van der Waals surface area contributed by atoms with Crippen LogP contribution < -0.4 is 4.72 Å². The van der Waals surface area contributed by atoms with Crippen LogP contribution in [0.2, 0.25) is 0 Å². The Kier molecular flexibility index (Phi) is 3.56. The predicted octanol–water partition coefficient (Wildman–Crippen LogP) is 0.137. The molecule has 0 radical (unpaired) electrons. The Bertz CT molecular complexity index is 720. The summed E-state index contributed by atoms with van der Waals surface area (Å²) in [5.41, 5.74) is 0.295. The van der Waals surface area contributed by atoms with E-state index in [0.717, 1.165) is 6.07 Å². The number of H-pyrrole nitrogens is 1. The van der Waals surface area contributed by atoms with Crippen LogP contribution in [-0.4, -0.2) is 42.7 Å². The maximum absolute atomic E-state index is 12.0. The zero-order valence-electron chi connectivity index (χ0n) is 9.75. The van der Waals surface area contributed by atoms with Crippen molar-refractivity contribution in [1.82, 2.24) is 9.71 Å². The summed E-state index contributed by atoms with van der Waals surface area (Å²) in [4.78, 5) is 13.6. The topological polar surface area (TPSA) is 119 Å². The van der Waals surface area contributed by atoms with Gasteiger partial charge in [-0.3, -0.25) is 0 Å². The van der Waals surface area contributed by atoms with E-state index in [1.165, 1.54) is 12.3 Å². The predicted molar refractivity (Wildman–Crippen MR) is 67.5 cm³/mol. The fourth-order valence-electron chi connectivity index (χ4n) is 1.74. The smallest absolute Gasteiger partial charge is 0.335 e. The van der Waals surface area contributed by atoms with E-state index < -0.39 is 16.0 Å². The highest BCUT2D eigenvalue weighted by Crippen LogP contribution is 2.24. The fraction of sp³-hybridized carbons (Fsp3) is 0.182. The third kappa shape index (κ3) is 2.60. The molecule has 0 amide bonds. The molecule has 0 atom stereocenters. The first-order chi connectivity index (χ1) is 8.95. The Morgan fingerprint density at radius 1 is 1.37 bits per heavy atom. The van der Waals surface area contributed by atoms with Gasteiger partial charge in [0.25, 0.3) is 0 Å². The highest BCUT2D eigenvalue weighted by molar-refractivity contribution is 7.89. The fourth-order valence-corrected chi connectivity index (χ4v) is 3.00. The Balaban J connectivity index is 2.64. The van der Waals surface area contributed by atoms with Gasteiger partial charge in [-0.2, -0.15) is 0 Å². The van der Waals surface area contributed by atoms with Gasteiger partial charge in [0, 0.05) is 23.6 Å². The van der Waals surface area contributed by atoms with Crippen molar-refractivity contribution >= 4 is 26.9 Å². The molecule has 1 aromatic carbocycles. The van der Waals surface area contributed by atoms with Crippen LogP contribution in [0.3, 0.4) is 0 Å². The van der Waals surface area contributed by atoms with Crippen molar-refractivity contribution in [3.05, 3.63) is 30.0 Å². The molecule has 0 fully saturated rings. The molecule has 7 nitrogen and oxygen atoms in total. The van der Waals surface area contributed by atoms with Gasteiger partial charge < -0.3 is 15.2 Å². The number of hydrogen-bond acceptors (Lipinski definition) is 4. The molecule has 0 unspecified atom stereocenters. The van der Waals surface area contributed by atoms with Gasteiger partial charge in [0.2, 0.25) is 10.0 Å². The SMILES string of the molecule is O=C(O)c1cc(S(=O)(=O)NCCO)c2cc[nH]c2c1. The number of aromatic carboxylic acids is 1. The van der Waals surface area contributed by atoms with Crippen molar-refractivity contribution in [2.45, 2.75) is 4.90 Å². The molecule has 0 saturated carbocycles. The normalized spacial score (nSPS) is 11.8. The molecule has 0 aliphatic carbocycles. The Morgan fingerprint density at radius 3 is 2.74 bits per heavy atom. The van der Waals surface area contributed by atoms with Crippen LogP contribution in [0.25, 0.3) is 10.9 Å². The van der Waals surface area contributed by atoms with Crippen molar-refractivity contribution < 1.29 is 23.4 Å². The minimum absolute atomic E-state index is 0.126. The maximum Gasteiger partial charge on any atom is 0.335 e. The lowest BCUT2D eigenvalue weighted by atomic mass is 10.1. The van der Waals surface area contributed by atoms with Crippen molar-refractivity contribution in [2.75, 3.05) is 13.2 Å². The van der Waals surface area contributed by atoms with Crippen molar-refractivity contribution in [1.29, 1.82) is 0 Å². The van der Waals surface area contributed by atoms with E-state index in [1.807, 2.05) is 0 Å². The van der Waals surface area contributed by atoms with Gasteiger partial charge in [-0.1, -0.05) is 0 Å². The third-order valence-corrected chi connectivity index (χ3v) is 4.07. The molecular weight excluding hydrogens is 272 g/mol. The van der Waals surface area contributed by atoms with E-state index in [4.69, 9.17) is 10.2 Å². The summed E-state index contributed by atoms with van der Waals surface area (Å²) in [5, 5.41) is 18.0. The first-order valence-corrected chi connectivity index (χ1v) is 6.89. The number of aromatic nitrogens is 1. The number of carboxylic acids is 1. The van der Waals surface area contributed by atoms with E-state index in [9.17, 15) is 13.2 Å². The van der Waals surface area contributed by atoms with Crippen LogP contribution in [0.4, 0.5) is 0 Å².